The summed E-state index contributed by atoms with van der Waals surface area (Å²) in [5.41, 5.74) is 0. The molecule has 11 heteroatoms. The molecule has 326 valence electrons. The van der Waals surface area contributed by atoms with Gasteiger partial charge in [-0.2, -0.15) is 0 Å². The van der Waals surface area contributed by atoms with Gasteiger partial charge in [-0.25, -0.2) is 4.57 Å². The van der Waals surface area contributed by atoms with Crippen LogP contribution < -0.4 is 0 Å². The minimum Gasteiger partial charge on any atom is -0.462 e. The molecule has 1 unspecified atom stereocenters. The highest BCUT2D eigenvalue weighted by molar-refractivity contribution is 7.47. The molecular formula is C46H77O10P. The van der Waals surface area contributed by atoms with Crippen molar-refractivity contribution in [2.24, 2.45) is 0 Å². The van der Waals surface area contributed by atoms with Crippen LogP contribution in [0, 0.1) is 0 Å². The third-order valence-electron chi connectivity index (χ3n) is 8.50. The summed E-state index contributed by atoms with van der Waals surface area (Å²) in [7, 11) is -4.64. The van der Waals surface area contributed by atoms with Crippen molar-refractivity contribution >= 4 is 19.8 Å². The van der Waals surface area contributed by atoms with E-state index in [2.05, 4.69) is 97.4 Å². The third-order valence-corrected chi connectivity index (χ3v) is 9.45. The molecule has 0 amide bonds. The quantitative estimate of drug-likeness (QED) is 0.0237. The average Bonchev–Trinajstić information content (AvgIpc) is 3.20. The van der Waals surface area contributed by atoms with Gasteiger partial charge in [-0.1, -0.05) is 144 Å². The highest BCUT2D eigenvalue weighted by Crippen LogP contribution is 2.43. The van der Waals surface area contributed by atoms with Crippen LogP contribution in [-0.2, 0) is 32.7 Å². The molecule has 0 radical (unpaired) electrons. The van der Waals surface area contributed by atoms with Crippen LogP contribution in [0.2, 0.25) is 0 Å². The Bertz CT molecular complexity index is 1220. The normalized spacial score (nSPS) is 14.7. The van der Waals surface area contributed by atoms with E-state index >= 15 is 0 Å². The molecule has 0 saturated carbocycles. The Hall–Kier alpha value is -2.85. The van der Waals surface area contributed by atoms with Gasteiger partial charge in [0.05, 0.1) is 19.8 Å². The van der Waals surface area contributed by atoms with E-state index in [-0.39, 0.29) is 19.4 Å². The molecule has 0 aliphatic carbocycles. The number of carbonyl (C=O) groups excluding carboxylic acids is 2. The molecule has 3 N–H and O–H groups in total. The van der Waals surface area contributed by atoms with Gasteiger partial charge in [0, 0.05) is 12.8 Å². The minimum absolute atomic E-state index is 0.131. The van der Waals surface area contributed by atoms with Gasteiger partial charge in [0.1, 0.15) is 12.7 Å². The van der Waals surface area contributed by atoms with E-state index in [1.807, 2.05) is 6.08 Å². The van der Waals surface area contributed by atoms with Gasteiger partial charge in [0.2, 0.25) is 0 Å². The van der Waals surface area contributed by atoms with Gasteiger partial charge in [-0.05, 0) is 83.5 Å². The van der Waals surface area contributed by atoms with Crippen LogP contribution in [0.15, 0.2) is 85.1 Å². The molecule has 0 spiro atoms. The number of allylic oxidation sites excluding steroid dienone is 14. The number of hydrogen-bond acceptors (Lipinski definition) is 9. The Morgan fingerprint density at radius 3 is 1.49 bits per heavy atom. The lowest BCUT2D eigenvalue weighted by Gasteiger charge is -2.20. The summed E-state index contributed by atoms with van der Waals surface area (Å²) in [4.78, 5) is 35.0. The smallest absolute Gasteiger partial charge is 0.462 e. The van der Waals surface area contributed by atoms with Crippen molar-refractivity contribution in [3.63, 3.8) is 0 Å². The first kappa shape index (κ1) is 54.2. The van der Waals surface area contributed by atoms with E-state index in [1.165, 1.54) is 44.9 Å². The zero-order valence-electron chi connectivity index (χ0n) is 35.3. The highest BCUT2D eigenvalue weighted by Gasteiger charge is 2.27. The standard InChI is InChI=1S/C46H77O10P/c1-3-5-7-9-11-13-15-17-19-21-23-25-27-29-31-33-35-37-45(49)53-41-44(42-55-57(51,52)54-40-43(48)39-47)56-46(50)38-36-34-32-30-28-26-24-22-20-18-16-14-12-10-8-6-4-2/h8,10,14,16-17,19-20,22-23,25-26,28-29,31,43-44,47-48H,3-7,9,11-13,15,18,21,24,27,30,32-42H2,1-2H3,(H,51,52)/b10-8+,16-14+,19-17+,22-20+,25-23+,28-26+,31-29+/t43-,44+/m0/s1. The van der Waals surface area contributed by atoms with Gasteiger partial charge in [0.15, 0.2) is 6.10 Å². The summed E-state index contributed by atoms with van der Waals surface area (Å²) in [6.07, 6.45) is 48.4. The Kier molecular flexibility index (Phi) is 39.2. The number of ether oxygens (including phenoxy) is 2. The Labute approximate surface area is 345 Å². The maximum atomic E-state index is 12.6. The number of phosphoric ester groups is 1. The molecule has 0 aliphatic heterocycles. The summed E-state index contributed by atoms with van der Waals surface area (Å²) >= 11 is 0. The van der Waals surface area contributed by atoms with Crippen molar-refractivity contribution in [1.29, 1.82) is 0 Å². The lowest BCUT2D eigenvalue weighted by Crippen LogP contribution is -2.29. The number of phosphoric acid groups is 1. The molecule has 0 saturated heterocycles. The molecule has 0 rings (SSSR count). The van der Waals surface area contributed by atoms with Crippen molar-refractivity contribution < 1.29 is 47.8 Å². The van der Waals surface area contributed by atoms with Crippen LogP contribution in [0.25, 0.3) is 0 Å². The fraction of sp³-hybridized carbons (Fsp3) is 0.652. The fourth-order valence-electron chi connectivity index (χ4n) is 5.17. The van der Waals surface area contributed by atoms with Crippen molar-refractivity contribution in [3.05, 3.63) is 85.1 Å². The van der Waals surface area contributed by atoms with E-state index in [1.54, 1.807) is 0 Å². The topological polar surface area (TPSA) is 149 Å². The lowest BCUT2D eigenvalue weighted by atomic mass is 10.1. The minimum atomic E-state index is -4.64. The number of esters is 2. The van der Waals surface area contributed by atoms with E-state index < -0.39 is 51.8 Å². The number of aliphatic hydroxyl groups excluding tert-OH is 2. The molecule has 10 nitrogen and oxygen atoms in total. The summed E-state index contributed by atoms with van der Waals surface area (Å²) in [6, 6.07) is 0. The van der Waals surface area contributed by atoms with Crippen LogP contribution in [0.1, 0.15) is 155 Å². The fourth-order valence-corrected chi connectivity index (χ4v) is 5.96. The summed E-state index contributed by atoms with van der Waals surface area (Å²) in [6.45, 7) is 2.19. The molecule has 0 bridgehead atoms. The molecular weight excluding hydrogens is 743 g/mol. The third kappa shape index (κ3) is 41.1. The van der Waals surface area contributed by atoms with Crippen LogP contribution in [-0.4, -0.2) is 65.7 Å². The van der Waals surface area contributed by atoms with E-state index in [4.69, 9.17) is 19.1 Å². The average molecular weight is 821 g/mol. The maximum absolute atomic E-state index is 12.6. The maximum Gasteiger partial charge on any atom is 0.472 e. The molecule has 0 aliphatic rings. The van der Waals surface area contributed by atoms with Crippen LogP contribution >= 0.6 is 7.82 Å². The Balaban J connectivity index is 4.47. The molecule has 0 aromatic carbocycles. The Morgan fingerprint density at radius 2 is 0.965 bits per heavy atom. The first-order valence-corrected chi connectivity index (χ1v) is 23.0. The van der Waals surface area contributed by atoms with Gasteiger partial charge in [-0.15, -0.1) is 0 Å². The second-order valence-corrected chi connectivity index (χ2v) is 15.5. The molecule has 0 heterocycles. The number of hydrogen-bond donors (Lipinski definition) is 3. The van der Waals surface area contributed by atoms with E-state index in [0.29, 0.717) is 19.3 Å². The second-order valence-electron chi connectivity index (χ2n) is 14.0. The molecule has 0 aromatic heterocycles. The number of unbranched alkanes of at least 4 members (excludes halogenated alkanes) is 11. The SMILES string of the molecule is CCC/C=C/C/C=C/C/C=C/C/C=C/CCCCCC(=O)O[C@H](COC(=O)CCC/C=C/C/C=C/C/C=C/CCCCCCCC)COP(=O)(O)OC[C@@H](O)CO. The molecule has 0 aromatic rings. The second kappa shape index (κ2) is 41.3. The van der Waals surface area contributed by atoms with Gasteiger partial charge >= 0.3 is 19.8 Å². The van der Waals surface area contributed by atoms with E-state index in [0.717, 1.165) is 64.2 Å². The molecule has 0 fully saturated rings. The number of aliphatic hydroxyl groups is 2. The van der Waals surface area contributed by atoms with Gasteiger partial charge in [0.25, 0.3) is 0 Å². The van der Waals surface area contributed by atoms with Crippen molar-refractivity contribution in [2.75, 3.05) is 26.4 Å². The summed E-state index contributed by atoms with van der Waals surface area (Å²) in [5.74, 6) is -1.03. The predicted molar refractivity (Wildman–Crippen MR) is 233 cm³/mol. The van der Waals surface area contributed by atoms with Crippen LogP contribution in [0.3, 0.4) is 0 Å². The molecule has 57 heavy (non-hydrogen) atoms. The molecule has 3 atom stereocenters. The summed E-state index contributed by atoms with van der Waals surface area (Å²) in [5, 5.41) is 18.3. The van der Waals surface area contributed by atoms with Gasteiger partial charge < -0.3 is 24.6 Å². The first-order chi connectivity index (χ1) is 27.7. The summed E-state index contributed by atoms with van der Waals surface area (Å²) < 4.78 is 32.6. The largest absolute Gasteiger partial charge is 0.472 e. The van der Waals surface area contributed by atoms with Crippen molar-refractivity contribution in [1.82, 2.24) is 0 Å². The van der Waals surface area contributed by atoms with Gasteiger partial charge in [-0.3, -0.25) is 18.6 Å². The zero-order valence-corrected chi connectivity index (χ0v) is 36.2. The number of carbonyl (C=O) groups is 2. The first-order valence-electron chi connectivity index (χ1n) is 21.5. The number of rotatable bonds is 39. The predicted octanol–water partition coefficient (Wildman–Crippen LogP) is 11.4. The van der Waals surface area contributed by atoms with E-state index in [9.17, 15) is 24.2 Å². The lowest BCUT2D eigenvalue weighted by molar-refractivity contribution is -0.161. The van der Waals surface area contributed by atoms with Crippen molar-refractivity contribution in [2.45, 2.75) is 167 Å². The Morgan fingerprint density at radius 1 is 0.526 bits per heavy atom. The van der Waals surface area contributed by atoms with Crippen LogP contribution in [0.4, 0.5) is 0 Å². The monoisotopic (exact) mass is 821 g/mol. The van der Waals surface area contributed by atoms with Crippen molar-refractivity contribution in [3.8, 4) is 0 Å². The zero-order chi connectivity index (χ0) is 41.9. The van der Waals surface area contributed by atoms with Crippen LogP contribution in [0.5, 0.6) is 0 Å². The highest BCUT2D eigenvalue weighted by atomic mass is 31.2.